The molecular formula is C19H36FNa2O6P. The Labute approximate surface area is 220 Å². The summed E-state index contributed by atoms with van der Waals surface area (Å²) < 4.78 is 31.9. The van der Waals surface area contributed by atoms with Gasteiger partial charge < -0.3 is 23.6 Å². The van der Waals surface area contributed by atoms with Gasteiger partial charge in [-0.25, -0.2) is 4.39 Å². The summed E-state index contributed by atoms with van der Waals surface area (Å²) in [5.41, 5.74) is 0. The molecule has 0 bridgehead atoms. The van der Waals surface area contributed by atoms with Crippen LogP contribution in [-0.2, 0) is 18.6 Å². The average Bonchev–Trinajstić information content (AvgIpc) is 2.61. The zero-order chi connectivity index (χ0) is 20.4. The molecule has 1 atom stereocenters. The van der Waals surface area contributed by atoms with Gasteiger partial charge in [0.1, 0.15) is 6.61 Å². The van der Waals surface area contributed by atoms with Crippen LogP contribution in [0.15, 0.2) is 0 Å². The molecule has 0 saturated carbocycles. The summed E-state index contributed by atoms with van der Waals surface area (Å²) in [6.07, 6.45) is 14.1. The van der Waals surface area contributed by atoms with Crippen LogP contribution in [0, 0.1) is 0 Å². The molecule has 0 N–H and O–H groups in total. The Hall–Kier alpha value is 1.51. The number of carbonyl (C=O) groups is 1. The van der Waals surface area contributed by atoms with E-state index < -0.39 is 33.2 Å². The summed E-state index contributed by atoms with van der Waals surface area (Å²) in [4.78, 5) is 31.8. The van der Waals surface area contributed by atoms with Gasteiger partial charge in [0, 0.05) is 6.42 Å². The maximum absolute atomic E-state index is 13.2. The number of hydrogen-bond acceptors (Lipinski definition) is 6. The van der Waals surface area contributed by atoms with Crippen LogP contribution in [0.1, 0.15) is 96.8 Å². The van der Waals surface area contributed by atoms with Crippen LogP contribution in [0.4, 0.5) is 4.39 Å². The standard InChI is InChI=1S/C19H38FO6P.2Na/c1-2-3-4-5-6-7-8-9-10-11-12-13-14-15-19(21)25-16-18(20)17-26-27(22,23)24;;/h18H,2-17H2,1H3,(H2,22,23,24);;/q;2*+1/p-2/t18-;;/m1../s1. The van der Waals surface area contributed by atoms with E-state index >= 15 is 0 Å². The number of hydrogen-bond donors (Lipinski definition) is 0. The fourth-order valence-electron chi connectivity index (χ4n) is 2.76. The second-order valence-corrected chi connectivity index (χ2v) is 8.17. The van der Waals surface area contributed by atoms with Crippen molar-refractivity contribution in [2.45, 2.75) is 103 Å². The molecule has 0 aromatic rings. The minimum atomic E-state index is -5.19. The minimum absolute atomic E-state index is 0. The first-order valence-corrected chi connectivity index (χ1v) is 11.8. The maximum atomic E-state index is 13.2. The van der Waals surface area contributed by atoms with Crippen LogP contribution in [0.25, 0.3) is 0 Å². The van der Waals surface area contributed by atoms with E-state index in [1.54, 1.807) is 0 Å². The molecule has 0 rings (SSSR count). The molecule has 0 amide bonds. The molecule has 29 heavy (non-hydrogen) atoms. The molecule has 0 radical (unpaired) electrons. The Morgan fingerprint density at radius 3 is 1.66 bits per heavy atom. The number of unbranched alkanes of at least 4 members (excludes halogenated alkanes) is 12. The van der Waals surface area contributed by atoms with Crippen LogP contribution in [0.2, 0.25) is 0 Å². The third-order valence-electron chi connectivity index (χ3n) is 4.32. The first kappa shape index (κ1) is 35.1. The molecular weight excluding hydrogens is 420 g/mol. The number of halogens is 1. The third-order valence-corrected chi connectivity index (χ3v) is 4.79. The van der Waals surface area contributed by atoms with Crippen LogP contribution in [-0.4, -0.2) is 25.4 Å². The van der Waals surface area contributed by atoms with Crippen molar-refractivity contribution < 1.29 is 91.9 Å². The smallest absolute Gasteiger partial charge is 0.790 e. The first-order chi connectivity index (χ1) is 12.8. The number of alkyl halides is 1. The second-order valence-electron chi connectivity index (χ2n) is 7.02. The molecule has 0 heterocycles. The van der Waals surface area contributed by atoms with Gasteiger partial charge in [0.05, 0.1) is 14.4 Å². The molecule has 0 aromatic heterocycles. The number of carbonyl (C=O) groups excluding carboxylic acids is 1. The van der Waals surface area contributed by atoms with E-state index in [0.717, 1.165) is 12.8 Å². The molecule has 0 spiro atoms. The Morgan fingerprint density at radius 2 is 1.24 bits per heavy atom. The summed E-state index contributed by atoms with van der Waals surface area (Å²) >= 11 is 0. The molecule has 0 aromatic carbocycles. The van der Waals surface area contributed by atoms with Crippen molar-refractivity contribution in [2.75, 3.05) is 13.2 Å². The summed E-state index contributed by atoms with van der Waals surface area (Å²) in [6.45, 7) is 0.709. The van der Waals surface area contributed by atoms with Crippen LogP contribution in [0.5, 0.6) is 0 Å². The Morgan fingerprint density at radius 1 is 0.828 bits per heavy atom. The van der Waals surface area contributed by atoms with Crippen LogP contribution >= 0.6 is 7.82 Å². The largest absolute Gasteiger partial charge is 1.00 e. The van der Waals surface area contributed by atoms with Gasteiger partial charge in [0.25, 0.3) is 0 Å². The van der Waals surface area contributed by atoms with Gasteiger partial charge in [-0.1, -0.05) is 84.0 Å². The van der Waals surface area contributed by atoms with E-state index in [1.807, 2.05) is 0 Å². The molecule has 0 aliphatic rings. The summed E-state index contributed by atoms with van der Waals surface area (Å²) in [6, 6.07) is 0. The predicted octanol–water partition coefficient (Wildman–Crippen LogP) is -1.80. The molecule has 6 nitrogen and oxygen atoms in total. The molecule has 0 unspecified atom stereocenters. The van der Waals surface area contributed by atoms with Crippen LogP contribution < -0.4 is 68.9 Å². The Balaban J connectivity index is -0.00000338. The fourth-order valence-corrected chi connectivity index (χ4v) is 3.11. The monoisotopic (exact) mass is 456 g/mol. The van der Waals surface area contributed by atoms with E-state index in [0.29, 0.717) is 6.42 Å². The number of phosphoric ester groups is 1. The van der Waals surface area contributed by atoms with Crippen LogP contribution in [0.3, 0.4) is 0 Å². The van der Waals surface area contributed by atoms with Crippen molar-refractivity contribution in [1.82, 2.24) is 0 Å². The first-order valence-electron chi connectivity index (χ1n) is 10.3. The van der Waals surface area contributed by atoms with E-state index in [1.165, 1.54) is 64.2 Å². The van der Waals surface area contributed by atoms with E-state index in [-0.39, 0.29) is 65.5 Å². The minimum Gasteiger partial charge on any atom is -0.790 e. The van der Waals surface area contributed by atoms with Crippen molar-refractivity contribution >= 4 is 13.8 Å². The van der Waals surface area contributed by atoms with Gasteiger partial charge in [-0.2, -0.15) is 0 Å². The molecule has 0 aliphatic carbocycles. The topological polar surface area (TPSA) is 98.7 Å². The maximum Gasteiger partial charge on any atom is 1.00 e. The molecule has 0 saturated heterocycles. The van der Waals surface area contributed by atoms with Crippen molar-refractivity contribution in [2.24, 2.45) is 0 Å². The van der Waals surface area contributed by atoms with E-state index in [4.69, 9.17) is 0 Å². The van der Waals surface area contributed by atoms with Crippen molar-refractivity contribution in [3.8, 4) is 0 Å². The normalized spacial score (nSPS) is 12.0. The number of esters is 1. The number of ether oxygens (including phenoxy) is 1. The van der Waals surface area contributed by atoms with Crippen molar-refractivity contribution in [3.63, 3.8) is 0 Å². The molecule has 0 fully saturated rings. The van der Waals surface area contributed by atoms with Gasteiger partial charge >= 0.3 is 65.1 Å². The van der Waals surface area contributed by atoms with Gasteiger partial charge in [-0.3, -0.25) is 4.79 Å². The van der Waals surface area contributed by atoms with Gasteiger partial charge in [-0.15, -0.1) is 0 Å². The van der Waals surface area contributed by atoms with Gasteiger partial charge in [0.2, 0.25) is 0 Å². The van der Waals surface area contributed by atoms with Gasteiger partial charge in [0.15, 0.2) is 6.17 Å². The average molecular weight is 456 g/mol. The SMILES string of the molecule is CCCCCCCCCCCCCCCC(=O)OC[C@@H](F)COP(=O)([O-])[O-].[Na+].[Na+]. The summed E-state index contributed by atoms with van der Waals surface area (Å²) in [7, 11) is -5.19. The fraction of sp³-hybridized carbons (Fsp3) is 0.947. The predicted molar refractivity (Wildman–Crippen MR) is 99.7 cm³/mol. The quantitative estimate of drug-likeness (QED) is 0.0985. The summed E-state index contributed by atoms with van der Waals surface area (Å²) in [5.74, 6) is -0.520. The molecule has 0 aliphatic heterocycles. The Bertz CT molecular complexity index is 412. The number of phosphoric acid groups is 1. The Kier molecular flexibility index (Phi) is 29.2. The van der Waals surface area contributed by atoms with Crippen molar-refractivity contribution in [3.05, 3.63) is 0 Å². The van der Waals surface area contributed by atoms with E-state index in [9.17, 15) is 23.5 Å². The molecule has 162 valence electrons. The second kappa shape index (κ2) is 24.2. The third kappa shape index (κ3) is 29.5. The van der Waals surface area contributed by atoms with E-state index in [2.05, 4.69) is 16.2 Å². The zero-order valence-corrected chi connectivity index (χ0v) is 23.6. The van der Waals surface area contributed by atoms with Gasteiger partial charge in [-0.05, 0) is 6.42 Å². The number of rotatable bonds is 19. The zero-order valence-electron chi connectivity index (χ0n) is 18.7. The van der Waals surface area contributed by atoms with Crippen molar-refractivity contribution in [1.29, 1.82) is 0 Å². The molecule has 10 heteroatoms. The summed E-state index contributed by atoms with van der Waals surface area (Å²) in [5, 5.41) is 0.